The third-order valence-electron chi connectivity index (χ3n) is 12.3. The van der Waals surface area contributed by atoms with Gasteiger partial charge < -0.3 is 0 Å². The van der Waals surface area contributed by atoms with E-state index < -0.39 is 5.41 Å². The highest BCUT2D eigenvalue weighted by Crippen LogP contribution is 2.63. The molecule has 12 rings (SSSR count). The predicted molar refractivity (Wildman–Crippen MR) is 241 cm³/mol. The van der Waals surface area contributed by atoms with E-state index in [1.165, 1.54) is 49.9 Å². The van der Waals surface area contributed by atoms with Crippen molar-refractivity contribution in [2.45, 2.75) is 5.41 Å². The Labute approximate surface area is 343 Å². The first kappa shape index (κ1) is 33.4. The SMILES string of the molecule is c1ccc(-c2cc(-c3ccc4c(c3)C3(c5ccccc5-c5ccccc53)c3ccccc3-4)cc(-c3nc(-c4ccccc4)nc(-c4ccc5ccccc5c4)n3)c2)cc1. The van der Waals surface area contributed by atoms with Crippen LogP contribution in [0.3, 0.4) is 0 Å². The molecule has 0 saturated heterocycles. The van der Waals surface area contributed by atoms with E-state index in [2.05, 4.69) is 194 Å². The molecule has 0 amide bonds. The molecular weight excluding hydrogens is 715 g/mol. The van der Waals surface area contributed by atoms with Crippen LogP contribution in [0, 0.1) is 0 Å². The molecule has 3 heteroatoms. The lowest BCUT2D eigenvalue weighted by atomic mass is 9.70. The molecule has 0 bridgehead atoms. The van der Waals surface area contributed by atoms with Gasteiger partial charge >= 0.3 is 0 Å². The van der Waals surface area contributed by atoms with E-state index in [4.69, 9.17) is 15.0 Å². The van der Waals surface area contributed by atoms with Crippen LogP contribution in [0.4, 0.5) is 0 Å². The molecule has 3 nitrogen and oxygen atoms in total. The van der Waals surface area contributed by atoms with Gasteiger partial charge in [0, 0.05) is 16.7 Å². The topological polar surface area (TPSA) is 38.7 Å². The van der Waals surface area contributed by atoms with E-state index in [1.807, 2.05) is 18.2 Å². The third kappa shape index (κ3) is 5.18. The van der Waals surface area contributed by atoms with E-state index in [1.54, 1.807) is 0 Å². The first-order chi connectivity index (χ1) is 29.2. The Hall–Kier alpha value is -7.75. The van der Waals surface area contributed by atoms with Crippen molar-refractivity contribution in [1.82, 2.24) is 15.0 Å². The Balaban J connectivity index is 1.09. The molecule has 10 aromatic rings. The van der Waals surface area contributed by atoms with Crippen molar-refractivity contribution in [2.24, 2.45) is 0 Å². The summed E-state index contributed by atoms with van der Waals surface area (Å²) in [6, 6.07) is 76.5. The van der Waals surface area contributed by atoms with Crippen LogP contribution < -0.4 is 0 Å². The number of aromatic nitrogens is 3. The summed E-state index contributed by atoms with van der Waals surface area (Å²) in [4.78, 5) is 15.5. The zero-order chi connectivity index (χ0) is 38.9. The first-order valence-corrected chi connectivity index (χ1v) is 20.2. The highest BCUT2D eigenvalue weighted by atomic mass is 15.0. The highest BCUT2D eigenvalue weighted by molar-refractivity contribution is 5.96. The third-order valence-corrected chi connectivity index (χ3v) is 12.3. The number of benzene rings is 9. The number of nitrogens with zero attached hydrogens (tertiary/aromatic N) is 3. The van der Waals surface area contributed by atoms with Gasteiger partial charge in [0.2, 0.25) is 0 Å². The highest BCUT2D eigenvalue weighted by Gasteiger charge is 2.51. The van der Waals surface area contributed by atoms with Crippen molar-refractivity contribution in [2.75, 3.05) is 0 Å². The minimum Gasteiger partial charge on any atom is -0.208 e. The predicted octanol–water partition coefficient (Wildman–Crippen LogP) is 13.7. The van der Waals surface area contributed by atoms with Gasteiger partial charge in [-0.15, -0.1) is 0 Å². The molecule has 0 aliphatic heterocycles. The smallest absolute Gasteiger partial charge is 0.164 e. The number of hydrogen-bond acceptors (Lipinski definition) is 3. The fourth-order valence-corrected chi connectivity index (χ4v) is 9.67. The Bertz CT molecular complexity index is 3210. The van der Waals surface area contributed by atoms with Crippen LogP contribution in [-0.2, 0) is 5.41 Å². The van der Waals surface area contributed by atoms with Crippen LogP contribution >= 0.6 is 0 Å². The molecule has 274 valence electrons. The lowest BCUT2D eigenvalue weighted by molar-refractivity contribution is 0.794. The van der Waals surface area contributed by atoms with Crippen LogP contribution in [0.25, 0.3) is 89.4 Å². The largest absolute Gasteiger partial charge is 0.208 e. The summed E-state index contributed by atoms with van der Waals surface area (Å²) in [6.45, 7) is 0. The fraction of sp³-hybridized carbons (Fsp3) is 0.0179. The summed E-state index contributed by atoms with van der Waals surface area (Å²) in [5.41, 5.74) is 17.4. The maximum atomic E-state index is 5.25. The van der Waals surface area contributed by atoms with E-state index in [-0.39, 0.29) is 0 Å². The molecule has 1 aromatic heterocycles. The van der Waals surface area contributed by atoms with Crippen LogP contribution in [0.5, 0.6) is 0 Å². The normalized spacial score (nSPS) is 12.9. The monoisotopic (exact) mass is 749 g/mol. The van der Waals surface area contributed by atoms with Crippen LogP contribution in [0.15, 0.2) is 212 Å². The van der Waals surface area contributed by atoms with Gasteiger partial charge in [0.15, 0.2) is 17.5 Å². The summed E-state index contributed by atoms with van der Waals surface area (Å²) in [5.74, 6) is 1.91. The van der Waals surface area contributed by atoms with Gasteiger partial charge in [-0.05, 0) is 108 Å². The summed E-state index contributed by atoms with van der Waals surface area (Å²) in [5, 5.41) is 2.32. The van der Waals surface area contributed by atoms with Crippen molar-refractivity contribution in [3.8, 4) is 78.7 Å². The zero-order valence-electron chi connectivity index (χ0n) is 32.0. The van der Waals surface area contributed by atoms with Crippen molar-refractivity contribution in [1.29, 1.82) is 0 Å². The second-order valence-corrected chi connectivity index (χ2v) is 15.5. The van der Waals surface area contributed by atoms with Crippen LogP contribution in [0.1, 0.15) is 22.3 Å². The van der Waals surface area contributed by atoms with Crippen LogP contribution in [-0.4, -0.2) is 15.0 Å². The van der Waals surface area contributed by atoms with E-state index in [0.717, 1.165) is 44.3 Å². The first-order valence-electron chi connectivity index (χ1n) is 20.2. The average Bonchev–Trinajstić information content (AvgIpc) is 3.79. The molecular formula is C56H35N3. The minimum absolute atomic E-state index is 0.428. The Morgan fingerprint density at radius 1 is 0.237 bits per heavy atom. The zero-order valence-corrected chi connectivity index (χ0v) is 32.0. The summed E-state index contributed by atoms with van der Waals surface area (Å²) < 4.78 is 0. The van der Waals surface area contributed by atoms with Gasteiger partial charge in [-0.1, -0.05) is 182 Å². The van der Waals surface area contributed by atoms with Gasteiger partial charge in [-0.3, -0.25) is 0 Å². The van der Waals surface area contributed by atoms with Gasteiger partial charge in [0.05, 0.1) is 5.41 Å². The molecule has 2 aliphatic rings. The van der Waals surface area contributed by atoms with E-state index in [0.29, 0.717) is 17.5 Å². The summed E-state index contributed by atoms with van der Waals surface area (Å²) in [7, 11) is 0. The number of rotatable bonds is 5. The quantitative estimate of drug-likeness (QED) is 0.176. The van der Waals surface area contributed by atoms with Crippen molar-refractivity contribution >= 4 is 10.8 Å². The molecule has 0 saturated carbocycles. The molecule has 2 aliphatic carbocycles. The lowest BCUT2D eigenvalue weighted by Crippen LogP contribution is -2.25. The minimum atomic E-state index is -0.428. The van der Waals surface area contributed by atoms with Crippen molar-refractivity contribution in [3.63, 3.8) is 0 Å². The molecule has 9 aromatic carbocycles. The number of fused-ring (bicyclic) bond motifs is 11. The Kier molecular flexibility index (Phi) is 7.45. The second kappa shape index (κ2) is 13.2. The molecule has 1 spiro atoms. The van der Waals surface area contributed by atoms with Crippen molar-refractivity contribution in [3.05, 3.63) is 235 Å². The molecule has 0 radical (unpaired) electrons. The van der Waals surface area contributed by atoms with Crippen LogP contribution in [0.2, 0.25) is 0 Å². The summed E-state index contributed by atoms with van der Waals surface area (Å²) >= 11 is 0. The van der Waals surface area contributed by atoms with E-state index >= 15 is 0 Å². The Morgan fingerprint density at radius 3 is 1.31 bits per heavy atom. The van der Waals surface area contributed by atoms with Gasteiger partial charge in [0.25, 0.3) is 0 Å². The fourth-order valence-electron chi connectivity index (χ4n) is 9.67. The average molecular weight is 750 g/mol. The standard InChI is InChI=1S/C56H35N3/c1-3-15-36(16-4-1)42-32-43(34-44(33-42)55-58-53(38-18-5-2-6-19-38)57-54(59-55)41-28-27-37-17-7-8-20-39(37)31-41)40-29-30-48-47-23-11-14-26-51(47)56(52(48)35-40)49-24-12-9-21-45(49)46-22-10-13-25-50(46)56/h1-35H. The Morgan fingerprint density at radius 2 is 0.678 bits per heavy atom. The maximum absolute atomic E-state index is 5.25. The number of hydrogen-bond donors (Lipinski definition) is 0. The van der Waals surface area contributed by atoms with Crippen molar-refractivity contribution < 1.29 is 0 Å². The summed E-state index contributed by atoms with van der Waals surface area (Å²) in [6.07, 6.45) is 0. The molecule has 59 heavy (non-hydrogen) atoms. The molecule has 1 heterocycles. The molecule has 0 fully saturated rings. The van der Waals surface area contributed by atoms with Gasteiger partial charge in [-0.2, -0.15) is 0 Å². The maximum Gasteiger partial charge on any atom is 0.164 e. The second-order valence-electron chi connectivity index (χ2n) is 15.5. The molecule has 0 unspecified atom stereocenters. The van der Waals surface area contributed by atoms with Gasteiger partial charge in [-0.25, -0.2) is 15.0 Å². The van der Waals surface area contributed by atoms with Gasteiger partial charge in [0.1, 0.15) is 0 Å². The molecule has 0 N–H and O–H groups in total. The lowest BCUT2D eigenvalue weighted by Gasteiger charge is -2.30. The molecule has 0 atom stereocenters. The van der Waals surface area contributed by atoms with E-state index in [9.17, 15) is 0 Å².